The third-order valence-corrected chi connectivity index (χ3v) is 3.62. The minimum Gasteiger partial charge on any atom is -0.388 e. The van der Waals surface area contributed by atoms with Crippen molar-refractivity contribution >= 4 is 0 Å². The fourth-order valence-electron chi connectivity index (χ4n) is 2.33. The van der Waals surface area contributed by atoms with Gasteiger partial charge in [-0.25, -0.2) is 0 Å². The van der Waals surface area contributed by atoms with Gasteiger partial charge in [-0.3, -0.25) is 4.68 Å². The summed E-state index contributed by atoms with van der Waals surface area (Å²) in [5.74, 6) is 0. The Balaban J connectivity index is 2.13. The first-order valence-corrected chi connectivity index (χ1v) is 5.73. The quantitative estimate of drug-likeness (QED) is 0.735. The summed E-state index contributed by atoms with van der Waals surface area (Å²) < 4.78 is 1.77. The maximum absolute atomic E-state index is 10.3. The third-order valence-electron chi connectivity index (χ3n) is 3.62. The number of hydrogen-bond acceptors (Lipinski definition) is 3. The van der Waals surface area contributed by atoms with Crippen molar-refractivity contribution in [1.82, 2.24) is 9.78 Å². The minimum atomic E-state index is -0.482. The number of rotatable bonds is 5. The molecule has 4 heteroatoms. The molecule has 1 aliphatic rings. The Morgan fingerprint density at radius 2 is 2.44 bits per heavy atom. The smallest absolute Gasteiger partial charge is 0.0888 e. The summed E-state index contributed by atoms with van der Waals surface area (Å²) in [4.78, 5) is 0. The average molecular weight is 221 g/mol. The summed E-state index contributed by atoms with van der Waals surface area (Å²) in [6.45, 7) is 4.87. The van der Waals surface area contributed by atoms with Crippen molar-refractivity contribution < 1.29 is 5.11 Å². The van der Waals surface area contributed by atoms with Crippen molar-refractivity contribution in [1.29, 1.82) is 0 Å². The van der Waals surface area contributed by atoms with Crippen LogP contribution in [-0.4, -0.2) is 21.4 Å². The lowest BCUT2D eigenvalue weighted by atomic mass is 9.64. The topological polar surface area (TPSA) is 64.1 Å². The lowest BCUT2D eigenvalue weighted by molar-refractivity contribution is -0.0297. The minimum absolute atomic E-state index is 0.109. The van der Waals surface area contributed by atoms with Crippen LogP contribution in [0.1, 0.15) is 30.9 Å². The van der Waals surface area contributed by atoms with E-state index in [2.05, 4.69) is 11.7 Å². The Morgan fingerprint density at radius 3 is 2.94 bits per heavy atom. The molecule has 1 aromatic rings. The zero-order valence-electron chi connectivity index (χ0n) is 9.47. The summed E-state index contributed by atoms with van der Waals surface area (Å²) in [5, 5.41) is 14.5. The number of allylic oxidation sites excluding steroid dienone is 1. The number of aromatic nitrogens is 2. The van der Waals surface area contributed by atoms with Gasteiger partial charge < -0.3 is 10.8 Å². The Hall–Kier alpha value is -1.13. The summed E-state index contributed by atoms with van der Waals surface area (Å²) in [7, 11) is 0. The number of nitrogens with zero attached hydrogens (tertiary/aromatic N) is 2. The lowest BCUT2D eigenvalue weighted by Gasteiger charge is -2.44. The summed E-state index contributed by atoms with van der Waals surface area (Å²) in [6.07, 6.45) is 8.09. The zero-order valence-corrected chi connectivity index (χ0v) is 9.47. The molecule has 88 valence electrons. The average Bonchev–Trinajstić information content (AvgIpc) is 2.66. The van der Waals surface area contributed by atoms with Gasteiger partial charge in [0.25, 0.3) is 0 Å². The highest BCUT2D eigenvalue weighted by Crippen LogP contribution is 2.49. The van der Waals surface area contributed by atoms with E-state index >= 15 is 0 Å². The molecule has 16 heavy (non-hydrogen) atoms. The van der Waals surface area contributed by atoms with Crippen molar-refractivity contribution in [3.05, 3.63) is 30.6 Å². The first-order valence-electron chi connectivity index (χ1n) is 5.73. The van der Waals surface area contributed by atoms with Crippen LogP contribution in [0.2, 0.25) is 0 Å². The first kappa shape index (κ1) is 11.4. The van der Waals surface area contributed by atoms with Gasteiger partial charge in [0.2, 0.25) is 0 Å². The molecule has 4 nitrogen and oxygen atoms in total. The Bertz CT molecular complexity index is 363. The zero-order chi connectivity index (χ0) is 11.6. The van der Waals surface area contributed by atoms with Gasteiger partial charge in [0, 0.05) is 23.7 Å². The standard InChI is InChI=1S/C12H19N3O/c1-2-6-15-8-10(7-14-15)11(16)12(9-13)4-3-5-12/h2,7-8,11,16H,1,3-6,9,13H2/t11-/m1/s1. The maximum Gasteiger partial charge on any atom is 0.0888 e. The van der Waals surface area contributed by atoms with E-state index in [-0.39, 0.29) is 5.41 Å². The van der Waals surface area contributed by atoms with Gasteiger partial charge in [-0.05, 0) is 12.8 Å². The molecule has 1 atom stereocenters. The van der Waals surface area contributed by atoms with E-state index in [0.29, 0.717) is 13.1 Å². The van der Waals surface area contributed by atoms with Crippen molar-refractivity contribution in [2.24, 2.45) is 11.1 Å². The molecule has 1 aliphatic carbocycles. The Kier molecular flexibility index (Phi) is 3.12. The van der Waals surface area contributed by atoms with Gasteiger partial charge >= 0.3 is 0 Å². The Labute approximate surface area is 95.8 Å². The van der Waals surface area contributed by atoms with E-state index in [1.54, 1.807) is 17.0 Å². The second-order valence-electron chi connectivity index (χ2n) is 4.61. The summed E-state index contributed by atoms with van der Waals surface area (Å²) in [5.41, 5.74) is 6.53. The van der Waals surface area contributed by atoms with Crippen LogP contribution in [0.3, 0.4) is 0 Å². The van der Waals surface area contributed by atoms with Crippen molar-refractivity contribution in [2.75, 3.05) is 6.54 Å². The second-order valence-corrected chi connectivity index (χ2v) is 4.61. The molecule has 2 rings (SSSR count). The van der Waals surface area contributed by atoms with E-state index in [1.807, 2.05) is 6.20 Å². The van der Waals surface area contributed by atoms with E-state index in [9.17, 15) is 5.11 Å². The van der Waals surface area contributed by atoms with Crippen LogP contribution in [-0.2, 0) is 6.54 Å². The molecular formula is C12H19N3O. The Morgan fingerprint density at radius 1 is 1.69 bits per heavy atom. The molecule has 1 saturated carbocycles. The SMILES string of the molecule is C=CCn1cc([C@@H](O)C2(CN)CCC2)cn1. The van der Waals surface area contributed by atoms with Gasteiger partial charge in [0.15, 0.2) is 0 Å². The number of nitrogens with two attached hydrogens (primary N) is 1. The van der Waals surface area contributed by atoms with Crippen LogP contribution in [0.25, 0.3) is 0 Å². The lowest BCUT2D eigenvalue weighted by Crippen LogP contribution is -2.42. The highest BCUT2D eigenvalue weighted by Gasteiger charge is 2.43. The fraction of sp³-hybridized carbons (Fsp3) is 0.583. The number of aliphatic hydroxyl groups is 1. The summed E-state index contributed by atoms with van der Waals surface area (Å²) >= 11 is 0. The molecular weight excluding hydrogens is 202 g/mol. The summed E-state index contributed by atoms with van der Waals surface area (Å²) in [6, 6.07) is 0. The highest BCUT2D eigenvalue weighted by molar-refractivity contribution is 5.14. The molecule has 1 aromatic heterocycles. The van der Waals surface area contributed by atoms with Gasteiger partial charge in [-0.15, -0.1) is 6.58 Å². The second kappa shape index (κ2) is 4.39. The number of aliphatic hydroxyl groups excluding tert-OH is 1. The van der Waals surface area contributed by atoms with Gasteiger partial charge in [0.1, 0.15) is 0 Å². The first-order chi connectivity index (χ1) is 7.72. The van der Waals surface area contributed by atoms with Crippen molar-refractivity contribution in [3.63, 3.8) is 0 Å². The molecule has 0 aliphatic heterocycles. The molecule has 0 radical (unpaired) electrons. The van der Waals surface area contributed by atoms with E-state index in [1.165, 1.54) is 0 Å². The molecule has 0 unspecified atom stereocenters. The van der Waals surface area contributed by atoms with Gasteiger partial charge in [-0.2, -0.15) is 5.10 Å². The number of hydrogen-bond donors (Lipinski definition) is 2. The largest absolute Gasteiger partial charge is 0.388 e. The van der Waals surface area contributed by atoms with Crippen LogP contribution in [0.15, 0.2) is 25.0 Å². The molecule has 0 amide bonds. The fourth-order valence-corrected chi connectivity index (χ4v) is 2.33. The predicted molar refractivity (Wildman–Crippen MR) is 62.7 cm³/mol. The molecule has 0 bridgehead atoms. The van der Waals surface area contributed by atoms with Crippen molar-refractivity contribution in [2.45, 2.75) is 31.9 Å². The third kappa shape index (κ3) is 1.79. The predicted octanol–water partition coefficient (Wildman–Crippen LogP) is 1.23. The maximum atomic E-state index is 10.3. The van der Waals surface area contributed by atoms with Crippen molar-refractivity contribution in [3.8, 4) is 0 Å². The van der Waals surface area contributed by atoms with E-state index in [0.717, 1.165) is 24.8 Å². The normalized spacial score (nSPS) is 20.1. The van der Waals surface area contributed by atoms with Gasteiger partial charge in [-0.1, -0.05) is 12.5 Å². The molecule has 1 heterocycles. The van der Waals surface area contributed by atoms with Crippen LogP contribution in [0.5, 0.6) is 0 Å². The van der Waals surface area contributed by atoms with Crippen LogP contribution < -0.4 is 5.73 Å². The van der Waals surface area contributed by atoms with Crippen LogP contribution in [0, 0.1) is 5.41 Å². The van der Waals surface area contributed by atoms with E-state index < -0.39 is 6.10 Å². The highest BCUT2D eigenvalue weighted by atomic mass is 16.3. The van der Waals surface area contributed by atoms with Gasteiger partial charge in [0.05, 0.1) is 18.8 Å². The van der Waals surface area contributed by atoms with E-state index in [4.69, 9.17) is 5.73 Å². The molecule has 0 aromatic carbocycles. The molecule has 3 N–H and O–H groups in total. The molecule has 0 spiro atoms. The molecule has 0 saturated heterocycles. The van der Waals surface area contributed by atoms with Crippen LogP contribution in [0.4, 0.5) is 0 Å². The molecule has 1 fully saturated rings. The van der Waals surface area contributed by atoms with Crippen LogP contribution >= 0.6 is 0 Å². The monoisotopic (exact) mass is 221 g/mol.